The molecule has 0 bridgehead atoms. The second kappa shape index (κ2) is 6.64. The van der Waals surface area contributed by atoms with Crippen LogP contribution in [0.4, 0.5) is 0 Å². The van der Waals surface area contributed by atoms with Gasteiger partial charge < -0.3 is 11.1 Å². The maximum atomic E-state index is 6.15. The summed E-state index contributed by atoms with van der Waals surface area (Å²) in [6.45, 7) is 0.829. The molecule has 0 aromatic heterocycles. The molecule has 1 aliphatic heterocycles. The van der Waals surface area contributed by atoms with Crippen molar-refractivity contribution in [3.8, 4) is 0 Å². The quantitative estimate of drug-likeness (QED) is 0.884. The molecule has 1 fully saturated rings. The molecule has 0 spiro atoms. The van der Waals surface area contributed by atoms with Crippen LogP contribution in [-0.2, 0) is 0 Å². The Morgan fingerprint density at radius 1 is 1.41 bits per heavy atom. The lowest BCUT2D eigenvalue weighted by atomic mass is 10.1. The Kier molecular flexibility index (Phi) is 5.16. The molecule has 1 aliphatic rings. The Morgan fingerprint density at radius 2 is 2.18 bits per heavy atom. The maximum Gasteiger partial charge on any atom is 0.0422 e. The molecule has 17 heavy (non-hydrogen) atoms. The van der Waals surface area contributed by atoms with Gasteiger partial charge in [-0.1, -0.05) is 23.7 Å². The van der Waals surface area contributed by atoms with E-state index in [-0.39, 0.29) is 6.04 Å². The molecular formula is C13H19ClN2S. The van der Waals surface area contributed by atoms with Gasteiger partial charge in [0.15, 0.2) is 0 Å². The van der Waals surface area contributed by atoms with Gasteiger partial charge in [0.25, 0.3) is 0 Å². The number of nitrogens with one attached hydrogen (secondary N) is 1. The third-order valence-electron chi connectivity index (χ3n) is 3.12. The summed E-state index contributed by atoms with van der Waals surface area (Å²) in [7, 11) is 0. The normalized spacial score (nSPS) is 19.2. The average molecular weight is 271 g/mol. The molecule has 94 valence electrons. The molecule has 1 saturated heterocycles. The summed E-state index contributed by atoms with van der Waals surface area (Å²) in [5.74, 6) is 2.54. The lowest BCUT2D eigenvalue weighted by molar-refractivity contribution is 0.460. The van der Waals surface area contributed by atoms with Crippen molar-refractivity contribution in [2.24, 2.45) is 5.73 Å². The summed E-state index contributed by atoms with van der Waals surface area (Å²) in [5.41, 5.74) is 7.26. The highest BCUT2D eigenvalue weighted by Gasteiger charge is 2.14. The molecule has 0 radical (unpaired) electrons. The smallest absolute Gasteiger partial charge is 0.0422 e. The zero-order chi connectivity index (χ0) is 12.1. The predicted molar refractivity (Wildman–Crippen MR) is 76.7 cm³/mol. The Morgan fingerprint density at radius 3 is 2.88 bits per heavy atom. The molecule has 0 amide bonds. The van der Waals surface area contributed by atoms with Crippen LogP contribution < -0.4 is 11.1 Å². The van der Waals surface area contributed by atoms with Crippen LogP contribution in [0.3, 0.4) is 0 Å². The highest BCUT2D eigenvalue weighted by Crippen LogP contribution is 2.19. The Labute approximate surface area is 112 Å². The number of hydrogen-bond acceptors (Lipinski definition) is 3. The fourth-order valence-electron chi connectivity index (χ4n) is 2.05. The number of thioether (sulfide) groups is 1. The van der Waals surface area contributed by atoms with Crippen LogP contribution in [0, 0.1) is 0 Å². The van der Waals surface area contributed by atoms with Gasteiger partial charge in [-0.25, -0.2) is 0 Å². The second-order valence-corrected chi connectivity index (χ2v) is 6.12. The van der Waals surface area contributed by atoms with Gasteiger partial charge in [0.2, 0.25) is 0 Å². The van der Waals surface area contributed by atoms with Crippen molar-refractivity contribution in [1.29, 1.82) is 0 Å². The van der Waals surface area contributed by atoms with E-state index in [1.807, 2.05) is 36.0 Å². The monoisotopic (exact) mass is 270 g/mol. The highest BCUT2D eigenvalue weighted by molar-refractivity contribution is 7.99. The second-order valence-electron chi connectivity index (χ2n) is 4.46. The minimum Gasteiger partial charge on any atom is -0.323 e. The van der Waals surface area contributed by atoms with E-state index in [0.29, 0.717) is 6.04 Å². The van der Waals surface area contributed by atoms with E-state index in [1.165, 1.54) is 24.3 Å². The molecule has 0 aliphatic carbocycles. The van der Waals surface area contributed by atoms with E-state index < -0.39 is 0 Å². The van der Waals surface area contributed by atoms with Gasteiger partial charge in [0.1, 0.15) is 0 Å². The van der Waals surface area contributed by atoms with Crippen LogP contribution in [0.5, 0.6) is 0 Å². The molecule has 0 saturated carbocycles. The summed E-state index contributed by atoms with van der Waals surface area (Å²) < 4.78 is 0. The standard InChI is InChI=1S/C13H19ClN2S/c14-11-3-1-2-10(8-11)13(15)9-16-12-4-6-17-7-5-12/h1-3,8,12-13,16H,4-7,9,15H2. The van der Waals surface area contributed by atoms with E-state index in [9.17, 15) is 0 Å². The highest BCUT2D eigenvalue weighted by atomic mass is 35.5. The third-order valence-corrected chi connectivity index (χ3v) is 4.41. The lowest BCUT2D eigenvalue weighted by Gasteiger charge is -2.24. The van der Waals surface area contributed by atoms with Gasteiger partial charge in [0, 0.05) is 23.7 Å². The predicted octanol–water partition coefficient (Wildman–Crippen LogP) is 2.83. The topological polar surface area (TPSA) is 38.0 Å². The number of nitrogens with two attached hydrogens (primary N) is 1. The molecule has 1 unspecified atom stereocenters. The van der Waals surface area contributed by atoms with Gasteiger partial charge in [-0.3, -0.25) is 0 Å². The van der Waals surface area contributed by atoms with Crippen molar-refractivity contribution in [3.05, 3.63) is 34.9 Å². The molecule has 1 heterocycles. The fraction of sp³-hybridized carbons (Fsp3) is 0.538. The van der Waals surface area contributed by atoms with Crippen molar-refractivity contribution < 1.29 is 0 Å². The lowest BCUT2D eigenvalue weighted by Crippen LogP contribution is -2.37. The summed E-state index contributed by atoms with van der Waals surface area (Å²) in [6, 6.07) is 8.49. The van der Waals surface area contributed by atoms with E-state index in [1.54, 1.807) is 0 Å². The first-order chi connectivity index (χ1) is 8.25. The molecule has 2 rings (SSSR count). The summed E-state index contributed by atoms with van der Waals surface area (Å²) in [6.07, 6.45) is 2.51. The number of benzene rings is 1. The molecule has 1 atom stereocenters. The van der Waals surface area contributed by atoms with E-state index >= 15 is 0 Å². The van der Waals surface area contributed by atoms with Crippen molar-refractivity contribution in [1.82, 2.24) is 5.32 Å². The van der Waals surface area contributed by atoms with Crippen molar-refractivity contribution in [2.45, 2.75) is 24.9 Å². The Bertz CT molecular complexity index is 353. The molecule has 2 nitrogen and oxygen atoms in total. The van der Waals surface area contributed by atoms with Gasteiger partial charge in [-0.05, 0) is 42.0 Å². The zero-order valence-corrected chi connectivity index (χ0v) is 11.4. The van der Waals surface area contributed by atoms with E-state index in [2.05, 4.69) is 5.32 Å². The minimum atomic E-state index is 0.0308. The summed E-state index contributed by atoms with van der Waals surface area (Å²) in [4.78, 5) is 0. The summed E-state index contributed by atoms with van der Waals surface area (Å²) in [5, 5.41) is 4.31. The van der Waals surface area contributed by atoms with Gasteiger partial charge in [-0.15, -0.1) is 0 Å². The molecule has 1 aromatic rings. The molecular weight excluding hydrogens is 252 g/mol. The molecule has 4 heteroatoms. The molecule has 3 N–H and O–H groups in total. The van der Waals surface area contributed by atoms with Crippen molar-refractivity contribution in [2.75, 3.05) is 18.1 Å². The van der Waals surface area contributed by atoms with Gasteiger partial charge >= 0.3 is 0 Å². The SMILES string of the molecule is NC(CNC1CCSCC1)c1cccc(Cl)c1. The van der Waals surface area contributed by atoms with Crippen molar-refractivity contribution >= 4 is 23.4 Å². The largest absolute Gasteiger partial charge is 0.323 e. The average Bonchev–Trinajstić information content (AvgIpc) is 2.37. The zero-order valence-electron chi connectivity index (χ0n) is 9.86. The minimum absolute atomic E-state index is 0.0308. The Hall–Kier alpha value is -0.220. The maximum absolute atomic E-state index is 6.15. The van der Waals surface area contributed by atoms with Crippen molar-refractivity contribution in [3.63, 3.8) is 0 Å². The fourth-order valence-corrected chi connectivity index (χ4v) is 3.36. The van der Waals surface area contributed by atoms with Gasteiger partial charge in [0.05, 0.1) is 0 Å². The number of hydrogen-bond donors (Lipinski definition) is 2. The van der Waals surface area contributed by atoms with Crippen LogP contribution in [0.15, 0.2) is 24.3 Å². The van der Waals surface area contributed by atoms with E-state index in [0.717, 1.165) is 17.1 Å². The van der Waals surface area contributed by atoms with Gasteiger partial charge in [-0.2, -0.15) is 11.8 Å². The van der Waals surface area contributed by atoms with Crippen LogP contribution in [0.1, 0.15) is 24.4 Å². The number of halogens is 1. The van der Waals surface area contributed by atoms with E-state index in [4.69, 9.17) is 17.3 Å². The van der Waals surface area contributed by atoms with Crippen LogP contribution in [0.25, 0.3) is 0 Å². The molecule has 1 aromatic carbocycles. The van der Waals surface area contributed by atoms with Crippen LogP contribution in [-0.4, -0.2) is 24.1 Å². The first-order valence-corrected chi connectivity index (χ1v) is 7.61. The third kappa shape index (κ3) is 4.18. The summed E-state index contributed by atoms with van der Waals surface area (Å²) >= 11 is 8.00. The Balaban J connectivity index is 1.82. The van der Waals surface area contributed by atoms with Crippen LogP contribution in [0.2, 0.25) is 5.02 Å². The van der Waals surface area contributed by atoms with Crippen LogP contribution >= 0.6 is 23.4 Å². The first kappa shape index (κ1) is 13.2. The number of rotatable bonds is 4. The first-order valence-electron chi connectivity index (χ1n) is 6.08.